The van der Waals surface area contributed by atoms with Crippen LogP contribution in [0.4, 0.5) is 19.0 Å². The Labute approximate surface area is 114 Å². The summed E-state index contributed by atoms with van der Waals surface area (Å²) in [6.07, 6.45) is -5.21. The normalized spacial score (nSPS) is 12.6. The van der Waals surface area contributed by atoms with Crippen LogP contribution in [0.2, 0.25) is 0 Å². The predicted octanol–water partition coefficient (Wildman–Crippen LogP) is 2.18. The van der Waals surface area contributed by atoms with E-state index in [4.69, 9.17) is 10.9 Å². The lowest BCUT2D eigenvalue weighted by molar-refractivity contribution is -0.132. The van der Waals surface area contributed by atoms with Crippen molar-refractivity contribution in [3.8, 4) is 0 Å². The van der Waals surface area contributed by atoms with Gasteiger partial charge >= 0.3 is 6.18 Å². The van der Waals surface area contributed by atoms with E-state index in [0.29, 0.717) is 16.8 Å². The zero-order chi connectivity index (χ0) is 15.5. The third-order valence-electron chi connectivity index (χ3n) is 2.78. The fourth-order valence-corrected chi connectivity index (χ4v) is 1.86. The first-order chi connectivity index (χ1) is 9.15. The molecular weight excluding hydrogens is 273 g/mol. The van der Waals surface area contributed by atoms with E-state index in [1.54, 1.807) is 19.9 Å². The molecule has 1 aromatic heterocycles. The Bertz CT molecular complexity index is 514. The minimum Gasteiger partial charge on any atom is -0.409 e. The predicted molar refractivity (Wildman–Crippen MR) is 70.2 cm³/mol. The van der Waals surface area contributed by atoms with E-state index in [1.165, 1.54) is 11.9 Å². The summed E-state index contributed by atoms with van der Waals surface area (Å²) in [6, 6.07) is 1.72. The molecule has 0 bridgehead atoms. The molecule has 0 saturated heterocycles. The molecule has 0 unspecified atom stereocenters. The van der Waals surface area contributed by atoms with Crippen LogP contribution in [0, 0.1) is 13.8 Å². The van der Waals surface area contributed by atoms with Crippen molar-refractivity contribution in [1.29, 1.82) is 0 Å². The monoisotopic (exact) mass is 290 g/mol. The Hall–Kier alpha value is -1.99. The lowest BCUT2D eigenvalue weighted by atomic mass is 10.1. The van der Waals surface area contributed by atoms with Crippen molar-refractivity contribution >= 4 is 11.7 Å². The molecule has 112 valence electrons. The highest BCUT2D eigenvalue weighted by Gasteiger charge is 2.28. The fourth-order valence-electron chi connectivity index (χ4n) is 1.86. The molecule has 8 heteroatoms. The molecule has 5 nitrogen and oxygen atoms in total. The number of anilines is 1. The third kappa shape index (κ3) is 4.01. The minimum atomic E-state index is -4.25. The molecule has 3 N–H and O–H groups in total. The van der Waals surface area contributed by atoms with Gasteiger partial charge in [-0.1, -0.05) is 5.16 Å². The molecule has 0 radical (unpaired) electrons. The largest absolute Gasteiger partial charge is 0.409 e. The highest BCUT2D eigenvalue weighted by molar-refractivity contribution is 6.02. The van der Waals surface area contributed by atoms with E-state index in [2.05, 4.69) is 10.1 Å². The summed E-state index contributed by atoms with van der Waals surface area (Å²) in [7, 11) is 1.49. The number of pyridine rings is 1. The molecule has 0 atom stereocenters. The molecule has 20 heavy (non-hydrogen) atoms. The second-order valence-electron chi connectivity index (χ2n) is 4.55. The second kappa shape index (κ2) is 5.98. The number of aromatic nitrogens is 1. The van der Waals surface area contributed by atoms with E-state index in [-0.39, 0.29) is 18.2 Å². The van der Waals surface area contributed by atoms with E-state index >= 15 is 0 Å². The number of halogens is 3. The van der Waals surface area contributed by atoms with Gasteiger partial charge < -0.3 is 15.8 Å². The van der Waals surface area contributed by atoms with E-state index in [0.717, 1.165) is 0 Å². The zero-order valence-corrected chi connectivity index (χ0v) is 11.5. The second-order valence-corrected chi connectivity index (χ2v) is 4.55. The number of aryl methyl sites for hydroxylation is 2. The maximum atomic E-state index is 12.3. The van der Waals surface area contributed by atoms with Crippen LogP contribution in [0.5, 0.6) is 0 Å². The number of hydrogen-bond donors (Lipinski definition) is 2. The van der Waals surface area contributed by atoms with Crippen LogP contribution < -0.4 is 10.6 Å². The van der Waals surface area contributed by atoms with Crippen molar-refractivity contribution < 1.29 is 18.4 Å². The van der Waals surface area contributed by atoms with Crippen molar-refractivity contribution in [2.45, 2.75) is 26.4 Å². The maximum Gasteiger partial charge on any atom is 0.390 e. The molecule has 0 fully saturated rings. The number of alkyl halides is 3. The number of nitrogens with two attached hydrogens (primary N) is 1. The standard InChI is InChI=1S/C12H17F3N4O/c1-7-6-8(2)17-11(9(7)10(16)18-20)19(3)5-4-12(13,14)15/h6,20H,4-5H2,1-3H3,(H2,16,18). The molecule has 0 saturated carbocycles. The van der Waals surface area contributed by atoms with Crippen LogP contribution in [0.3, 0.4) is 0 Å². The first-order valence-electron chi connectivity index (χ1n) is 5.89. The lowest BCUT2D eigenvalue weighted by Crippen LogP contribution is -2.28. The van der Waals surface area contributed by atoms with Crippen LogP contribution >= 0.6 is 0 Å². The van der Waals surface area contributed by atoms with Crippen molar-refractivity contribution in [2.24, 2.45) is 10.9 Å². The Kier molecular flexibility index (Phi) is 4.80. The molecule has 0 amide bonds. The average molecular weight is 290 g/mol. The number of nitrogens with zero attached hydrogens (tertiary/aromatic N) is 3. The molecule has 0 spiro atoms. The van der Waals surface area contributed by atoms with Crippen LogP contribution in [0.1, 0.15) is 23.2 Å². The fraction of sp³-hybridized carbons (Fsp3) is 0.500. The summed E-state index contributed by atoms with van der Waals surface area (Å²) in [5.74, 6) is 0.0888. The SMILES string of the molecule is Cc1cc(C)c(C(N)=NO)c(N(C)CCC(F)(F)F)n1. The van der Waals surface area contributed by atoms with Gasteiger partial charge in [-0.3, -0.25) is 0 Å². The van der Waals surface area contributed by atoms with E-state index in [1.807, 2.05) is 0 Å². The van der Waals surface area contributed by atoms with Gasteiger partial charge in [-0.2, -0.15) is 13.2 Å². The summed E-state index contributed by atoms with van der Waals surface area (Å²) < 4.78 is 36.8. The van der Waals surface area contributed by atoms with Gasteiger partial charge in [0.25, 0.3) is 0 Å². The summed E-state index contributed by atoms with van der Waals surface area (Å²) in [5, 5.41) is 11.7. The Morgan fingerprint density at radius 1 is 1.45 bits per heavy atom. The highest BCUT2D eigenvalue weighted by atomic mass is 19.4. The third-order valence-corrected chi connectivity index (χ3v) is 2.78. The van der Waals surface area contributed by atoms with Crippen molar-refractivity contribution in [1.82, 2.24) is 4.98 Å². The molecular formula is C12H17F3N4O. The van der Waals surface area contributed by atoms with Gasteiger partial charge in [0.1, 0.15) is 5.82 Å². The van der Waals surface area contributed by atoms with Gasteiger partial charge in [-0.25, -0.2) is 4.98 Å². The summed E-state index contributed by atoms with van der Waals surface area (Å²) in [4.78, 5) is 5.54. The summed E-state index contributed by atoms with van der Waals surface area (Å²) in [5.41, 5.74) is 7.24. The molecule has 0 aliphatic rings. The van der Waals surface area contributed by atoms with Crippen molar-refractivity contribution in [3.63, 3.8) is 0 Å². The number of rotatable bonds is 4. The van der Waals surface area contributed by atoms with Crippen LogP contribution in [0.15, 0.2) is 11.2 Å². The smallest absolute Gasteiger partial charge is 0.390 e. The zero-order valence-electron chi connectivity index (χ0n) is 11.5. The maximum absolute atomic E-state index is 12.3. The molecule has 0 aromatic carbocycles. The first-order valence-corrected chi connectivity index (χ1v) is 5.89. The molecule has 1 aromatic rings. The number of oxime groups is 1. The Morgan fingerprint density at radius 2 is 2.05 bits per heavy atom. The van der Waals surface area contributed by atoms with Crippen LogP contribution in [0.25, 0.3) is 0 Å². The Balaban J connectivity index is 3.15. The topological polar surface area (TPSA) is 74.7 Å². The van der Waals surface area contributed by atoms with Gasteiger partial charge in [-0.15, -0.1) is 0 Å². The van der Waals surface area contributed by atoms with E-state index in [9.17, 15) is 13.2 Å². The van der Waals surface area contributed by atoms with Crippen LogP contribution in [-0.4, -0.2) is 35.8 Å². The number of hydrogen-bond acceptors (Lipinski definition) is 4. The van der Waals surface area contributed by atoms with Gasteiger partial charge in [0.15, 0.2) is 5.84 Å². The van der Waals surface area contributed by atoms with Crippen LogP contribution in [-0.2, 0) is 0 Å². The molecule has 0 aliphatic heterocycles. The Morgan fingerprint density at radius 3 is 2.55 bits per heavy atom. The molecule has 0 aliphatic carbocycles. The average Bonchev–Trinajstić information content (AvgIpc) is 2.33. The first kappa shape index (κ1) is 16.1. The van der Waals surface area contributed by atoms with E-state index < -0.39 is 12.6 Å². The highest BCUT2D eigenvalue weighted by Crippen LogP contribution is 2.25. The molecule has 1 heterocycles. The number of amidine groups is 1. The lowest BCUT2D eigenvalue weighted by Gasteiger charge is -2.23. The summed E-state index contributed by atoms with van der Waals surface area (Å²) in [6.45, 7) is 3.19. The van der Waals surface area contributed by atoms with Gasteiger partial charge in [0.05, 0.1) is 12.0 Å². The van der Waals surface area contributed by atoms with Crippen molar-refractivity contribution in [3.05, 3.63) is 22.9 Å². The van der Waals surface area contributed by atoms with Gasteiger partial charge in [0, 0.05) is 19.3 Å². The van der Waals surface area contributed by atoms with Gasteiger partial charge in [0.2, 0.25) is 0 Å². The summed E-state index contributed by atoms with van der Waals surface area (Å²) >= 11 is 0. The quantitative estimate of drug-likeness (QED) is 0.386. The molecule has 1 rings (SSSR count). The van der Waals surface area contributed by atoms with Crippen molar-refractivity contribution in [2.75, 3.05) is 18.5 Å². The minimum absolute atomic E-state index is 0.177. The van der Waals surface area contributed by atoms with Gasteiger partial charge in [-0.05, 0) is 25.5 Å².